The fraction of sp³-hybridized carbons (Fsp3) is 0.490. The van der Waals surface area contributed by atoms with Gasteiger partial charge in [0.1, 0.15) is 11.5 Å². The maximum absolute atomic E-state index is 6.09. The van der Waals surface area contributed by atoms with Gasteiger partial charge in [0.15, 0.2) is 13.6 Å². The van der Waals surface area contributed by atoms with E-state index in [0.29, 0.717) is 17.2 Å². The molecule has 4 aromatic rings. The van der Waals surface area contributed by atoms with Crippen molar-refractivity contribution in [1.82, 2.24) is 5.32 Å². The van der Waals surface area contributed by atoms with Gasteiger partial charge in [-0.05, 0) is 106 Å². The third-order valence-electron chi connectivity index (χ3n) is 8.64. The topological polar surface area (TPSA) is 61.3 Å². The van der Waals surface area contributed by atoms with Crippen LogP contribution in [0.3, 0.4) is 0 Å². The Morgan fingerprint density at radius 3 is 1.47 bits per heavy atom. The molecule has 0 aromatic heterocycles. The summed E-state index contributed by atoms with van der Waals surface area (Å²) < 4.78 is 22.6. The Labute approximate surface area is 350 Å². The number of aliphatic imine (C=N–C) groups is 1. The zero-order valence-corrected chi connectivity index (χ0v) is 39.2. The van der Waals surface area contributed by atoms with Gasteiger partial charge >= 0.3 is 0 Å². The van der Waals surface area contributed by atoms with Gasteiger partial charge in [-0.15, -0.1) is 0 Å². The summed E-state index contributed by atoms with van der Waals surface area (Å²) in [5.74, 6) is 1.91. The number of ether oxygens (including phenoxy) is 4. The minimum atomic E-state index is -0.0916. The minimum absolute atomic E-state index is 0. The van der Waals surface area contributed by atoms with E-state index in [2.05, 4.69) is 175 Å². The molecule has 0 radical (unpaired) electrons. The predicted molar refractivity (Wildman–Crippen MR) is 253 cm³/mol. The maximum atomic E-state index is 6.09. The zero-order chi connectivity index (χ0) is 41.9. The van der Waals surface area contributed by atoms with Crippen LogP contribution >= 0.6 is 17.2 Å². The molecular formula is C49H74N2O4P2. The molecular weight excluding hydrogens is 742 g/mol. The van der Waals surface area contributed by atoms with Crippen molar-refractivity contribution in [3.8, 4) is 11.5 Å². The maximum Gasteiger partial charge on any atom is 0.188 e. The number of rotatable bonds is 13. The highest BCUT2D eigenvalue weighted by Crippen LogP contribution is 2.36. The number of benzene rings is 4. The molecule has 8 heteroatoms. The second kappa shape index (κ2) is 21.8. The van der Waals surface area contributed by atoms with Crippen LogP contribution in [-0.2, 0) is 26.8 Å². The van der Waals surface area contributed by atoms with Crippen molar-refractivity contribution < 1.29 is 18.9 Å². The lowest BCUT2D eigenvalue weighted by molar-refractivity contribution is 0.0504. The van der Waals surface area contributed by atoms with Crippen LogP contribution in [0.15, 0.2) is 77.8 Å². The van der Waals surface area contributed by atoms with Crippen LogP contribution in [0.2, 0.25) is 0 Å². The first-order chi connectivity index (χ1) is 26.0. The second-order valence-electron chi connectivity index (χ2n) is 18.5. The third kappa shape index (κ3) is 16.6. The lowest BCUT2D eigenvalue weighted by Crippen LogP contribution is -2.36. The Bertz CT molecular complexity index is 1890. The highest BCUT2D eigenvalue weighted by Gasteiger charge is 2.25. The van der Waals surface area contributed by atoms with Gasteiger partial charge < -0.3 is 24.3 Å². The van der Waals surface area contributed by atoms with Crippen LogP contribution < -0.4 is 36.0 Å². The molecule has 0 spiro atoms. The molecule has 0 aliphatic heterocycles. The number of nitrogens with one attached hydrogen (secondary N) is 1. The van der Waals surface area contributed by atoms with Crippen molar-refractivity contribution in [3.05, 3.63) is 106 Å². The molecule has 2 unspecified atom stereocenters. The smallest absolute Gasteiger partial charge is 0.188 e. The highest BCUT2D eigenvalue weighted by atomic mass is 31.1. The van der Waals surface area contributed by atoms with E-state index in [1.54, 1.807) is 14.2 Å². The molecule has 0 bridgehead atoms. The average Bonchev–Trinajstić information content (AvgIpc) is 3.08. The van der Waals surface area contributed by atoms with Gasteiger partial charge in [-0.1, -0.05) is 127 Å². The van der Waals surface area contributed by atoms with Crippen molar-refractivity contribution in [2.45, 2.75) is 133 Å². The summed E-state index contributed by atoms with van der Waals surface area (Å²) in [6, 6.07) is 26.1. The van der Waals surface area contributed by atoms with E-state index in [1.807, 2.05) is 6.21 Å². The van der Waals surface area contributed by atoms with Crippen molar-refractivity contribution in [2.24, 2.45) is 4.99 Å². The molecule has 0 aliphatic rings. The standard InChI is InChI=1S/C24H36NO2P.C24H34NO2P.CH4/c2*1-17-13-19(23(2,3)4)22(27-16-26-8)21(14-17)28-20-12-10-9-11-18(20)15-25-24(5,6)7;/h9-14,25,28H,15-16H2,1-8H3;9-15,28H,16H2,1-8H3;1H4. The SMILES string of the molecule is C.COCOc1c(Pc2ccccc2C=NC(C)(C)C)cc(C)cc1C(C)(C)C.COCOc1c(Pc2ccccc2CNC(C)(C)C)cc(C)cc1C(C)(C)C. The summed E-state index contributed by atoms with van der Waals surface area (Å²) in [6.07, 6.45) is 2.00. The fourth-order valence-electron chi connectivity index (χ4n) is 5.83. The van der Waals surface area contributed by atoms with Crippen LogP contribution in [0, 0.1) is 13.8 Å². The zero-order valence-electron chi connectivity index (χ0n) is 37.2. The molecule has 2 atom stereocenters. The van der Waals surface area contributed by atoms with Gasteiger partial charge in [0.05, 0.1) is 5.54 Å². The number of aryl methyl sites for hydroxylation is 2. The monoisotopic (exact) mass is 817 g/mol. The number of nitrogens with zero attached hydrogens (tertiary/aromatic N) is 1. The Morgan fingerprint density at radius 2 is 1.04 bits per heavy atom. The summed E-state index contributed by atoms with van der Waals surface area (Å²) in [5.41, 5.74) is 7.45. The number of methoxy groups -OCH3 is 2. The molecule has 1 N–H and O–H groups in total. The molecule has 0 heterocycles. The lowest BCUT2D eigenvalue weighted by Gasteiger charge is -2.26. The first kappa shape index (κ1) is 50.0. The summed E-state index contributed by atoms with van der Waals surface area (Å²) >= 11 is 0. The van der Waals surface area contributed by atoms with Crippen LogP contribution in [0.4, 0.5) is 0 Å². The van der Waals surface area contributed by atoms with E-state index in [-0.39, 0.29) is 42.9 Å². The van der Waals surface area contributed by atoms with Gasteiger partial charge in [0.2, 0.25) is 0 Å². The van der Waals surface area contributed by atoms with Crippen LogP contribution in [0.25, 0.3) is 0 Å². The molecule has 0 fully saturated rings. The third-order valence-corrected chi connectivity index (χ3v) is 11.4. The van der Waals surface area contributed by atoms with E-state index in [0.717, 1.165) is 23.6 Å². The number of hydrogen-bond acceptors (Lipinski definition) is 6. The highest BCUT2D eigenvalue weighted by molar-refractivity contribution is 7.56. The predicted octanol–water partition coefficient (Wildman–Crippen LogP) is 10.6. The minimum Gasteiger partial charge on any atom is -0.467 e. The van der Waals surface area contributed by atoms with Crippen molar-refractivity contribution in [1.29, 1.82) is 0 Å². The Balaban J connectivity index is 0.000000387. The van der Waals surface area contributed by atoms with E-state index in [4.69, 9.17) is 23.9 Å². The van der Waals surface area contributed by atoms with Gasteiger partial charge in [-0.3, -0.25) is 4.99 Å². The summed E-state index contributed by atoms with van der Waals surface area (Å²) in [4.78, 5) is 4.70. The first-order valence-corrected chi connectivity index (χ1v) is 21.6. The molecule has 0 saturated heterocycles. The van der Waals surface area contributed by atoms with Crippen LogP contribution in [-0.4, -0.2) is 45.1 Å². The molecule has 4 aromatic carbocycles. The molecule has 314 valence electrons. The van der Waals surface area contributed by atoms with Crippen LogP contribution in [0.1, 0.15) is 124 Å². The molecule has 0 saturated carbocycles. The van der Waals surface area contributed by atoms with Crippen LogP contribution in [0.5, 0.6) is 11.5 Å². The Hall–Kier alpha value is -3.11. The van der Waals surface area contributed by atoms with E-state index >= 15 is 0 Å². The van der Waals surface area contributed by atoms with Gasteiger partial charge in [0, 0.05) is 59.8 Å². The molecule has 0 aliphatic carbocycles. The summed E-state index contributed by atoms with van der Waals surface area (Å²) in [6.45, 7) is 32.0. The normalized spacial score (nSPS) is 12.6. The van der Waals surface area contributed by atoms with Gasteiger partial charge in [0.25, 0.3) is 0 Å². The Kier molecular flexibility index (Phi) is 19.1. The van der Waals surface area contributed by atoms with Gasteiger partial charge in [-0.25, -0.2) is 0 Å². The average molecular weight is 817 g/mol. The molecule has 57 heavy (non-hydrogen) atoms. The van der Waals surface area contributed by atoms with Gasteiger partial charge in [-0.2, -0.15) is 0 Å². The summed E-state index contributed by atoms with van der Waals surface area (Å²) in [5, 5.41) is 8.68. The van der Waals surface area contributed by atoms with Crippen molar-refractivity contribution >= 4 is 44.6 Å². The van der Waals surface area contributed by atoms with E-state index in [9.17, 15) is 0 Å². The largest absolute Gasteiger partial charge is 0.467 e. The molecule has 4 rings (SSSR count). The van der Waals surface area contributed by atoms with E-state index < -0.39 is 0 Å². The van der Waals surface area contributed by atoms with Crippen molar-refractivity contribution in [3.63, 3.8) is 0 Å². The lowest BCUT2D eigenvalue weighted by atomic mass is 9.85. The number of hydrogen-bond donors (Lipinski definition) is 1. The fourth-order valence-corrected chi connectivity index (χ4v) is 8.63. The first-order valence-electron chi connectivity index (χ1n) is 19.6. The Morgan fingerprint density at radius 1 is 0.596 bits per heavy atom. The second-order valence-corrected chi connectivity index (χ2v) is 21.2. The van der Waals surface area contributed by atoms with E-state index in [1.165, 1.54) is 49.0 Å². The summed E-state index contributed by atoms with van der Waals surface area (Å²) in [7, 11) is 4.33. The van der Waals surface area contributed by atoms with Crippen molar-refractivity contribution in [2.75, 3.05) is 27.8 Å². The quantitative estimate of drug-likeness (QED) is 0.0827. The molecule has 0 amide bonds. The molecule has 6 nitrogen and oxygen atoms in total.